The number of benzene rings is 2. The summed E-state index contributed by atoms with van der Waals surface area (Å²) in [7, 11) is 0. The van der Waals surface area contributed by atoms with Crippen LogP contribution in [0, 0.1) is 5.92 Å². The highest BCUT2D eigenvalue weighted by molar-refractivity contribution is 6.04. The number of carbonyl (C=O) groups excluding carboxylic acids is 2. The predicted molar refractivity (Wildman–Crippen MR) is 95.1 cm³/mol. The van der Waals surface area contributed by atoms with E-state index in [9.17, 15) is 9.59 Å². The number of rotatable bonds is 3. The fourth-order valence-electron chi connectivity index (χ4n) is 3.05. The molecule has 0 unspecified atom stereocenters. The van der Waals surface area contributed by atoms with Crippen molar-refractivity contribution in [2.24, 2.45) is 5.92 Å². The summed E-state index contributed by atoms with van der Waals surface area (Å²) in [6.07, 6.45) is 2.26. The smallest absolute Gasteiger partial charge is 0.255 e. The molecular weight excluding hydrogens is 300 g/mol. The fourth-order valence-corrected chi connectivity index (χ4v) is 3.05. The molecule has 0 aliphatic carbocycles. The lowest BCUT2D eigenvalue weighted by atomic mass is 9.99. The summed E-state index contributed by atoms with van der Waals surface area (Å²) in [4.78, 5) is 26.6. The van der Waals surface area contributed by atoms with E-state index >= 15 is 0 Å². The molecule has 24 heavy (non-hydrogen) atoms. The van der Waals surface area contributed by atoms with E-state index in [1.165, 1.54) is 6.42 Å². The highest BCUT2D eigenvalue weighted by Crippen LogP contribution is 2.19. The SMILES string of the molecule is C[C@H]1CCCN(C(=O)c2ccc(NC(=O)c3ccccc3)cc2)C1. The van der Waals surface area contributed by atoms with Gasteiger partial charge in [0.25, 0.3) is 11.8 Å². The van der Waals surface area contributed by atoms with Crippen LogP contribution in [0.25, 0.3) is 0 Å². The van der Waals surface area contributed by atoms with Crippen LogP contribution in [0.15, 0.2) is 54.6 Å². The van der Waals surface area contributed by atoms with Gasteiger partial charge >= 0.3 is 0 Å². The second kappa shape index (κ2) is 7.30. The zero-order chi connectivity index (χ0) is 16.9. The lowest BCUT2D eigenvalue weighted by Crippen LogP contribution is -2.39. The van der Waals surface area contributed by atoms with Gasteiger partial charge in [-0.1, -0.05) is 25.1 Å². The van der Waals surface area contributed by atoms with Crippen LogP contribution in [-0.2, 0) is 0 Å². The van der Waals surface area contributed by atoms with Crippen LogP contribution in [0.5, 0.6) is 0 Å². The molecule has 0 aromatic heterocycles. The third kappa shape index (κ3) is 3.82. The first-order valence-corrected chi connectivity index (χ1v) is 8.39. The monoisotopic (exact) mass is 322 g/mol. The molecule has 0 bridgehead atoms. The number of hydrogen-bond acceptors (Lipinski definition) is 2. The van der Waals surface area contributed by atoms with E-state index in [4.69, 9.17) is 0 Å². The van der Waals surface area contributed by atoms with Crippen molar-refractivity contribution in [2.75, 3.05) is 18.4 Å². The van der Waals surface area contributed by atoms with E-state index in [0.717, 1.165) is 19.5 Å². The van der Waals surface area contributed by atoms with Crippen LogP contribution < -0.4 is 5.32 Å². The minimum atomic E-state index is -0.153. The maximum Gasteiger partial charge on any atom is 0.255 e. The lowest BCUT2D eigenvalue weighted by molar-refractivity contribution is 0.0683. The second-order valence-corrected chi connectivity index (χ2v) is 6.40. The van der Waals surface area contributed by atoms with Gasteiger partial charge < -0.3 is 10.2 Å². The number of hydrogen-bond donors (Lipinski definition) is 1. The van der Waals surface area contributed by atoms with Crippen LogP contribution in [-0.4, -0.2) is 29.8 Å². The average Bonchev–Trinajstić information content (AvgIpc) is 2.62. The summed E-state index contributed by atoms with van der Waals surface area (Å²) < 4.78 is 0. The molecule has 1 aliphatic rings. The van der Waals surface area contributed by atoms with Crippen molar-refractivity contribution in [2.45, 2.75) is 19.8 Å². The molecule has 1 fully saturated rings. The van der Waals surface area contributed by atoms with Gasteiger partial charge in [-0.3, -0.25) is 9.59 Å². The van der Waals surface area contributed by atoms with Crippen molar-refractivity contribution in [1.82, 2.24) is 4.90 Å². The molecule has 2 aromatic rings. The highest BCUT2D eigenvalue weighted by atomic mass is 16.2. The molecular formula is C20H22N2O2. The summed E-state index contributed by atoms with van der Waals surface area (Å²) in [5, 5.41) is 2.85. The van der Waals surface area contributed by atoms with Crippen molar-refractivity contribution in [3.63, 3.8) is 0 Å². The molecule has 2 aromatic carbocycles. The van der Waals surface area contributed by atoms with Crippen molar-refractivity contribution < 1.29 is 9.59 Å². The number of nitrogens with one attached hydrogen (secondary N) is 1. The van der Waals surface area contributed by atoms with E-state index < -0.39 is 0 Å². The van der Waals surface area contributed by atoms with E-state index in [-0.39, 0.29) is 11.8 Å². The standard InChI is InChI=1S/C20H22N2O2/c1-15-6-5-13-22(14-15)20(24)17-9-11-18(12-10-17)21-19(23)16-7-3-2-4-8-16/h2-4,7-12,15H,5-6,13-14H2,1H3,(H,21,23)/t15-/m0/s1. The Morgan fingerprint density at radius 1 is 1.00 bits per heavy atom. The van der Waals surface area contributed by atoms with Gasteiger partial charge in [0.05, 0.1) is 0 Å². The number of anilines is 1. The number of piperidine rings is 1. The lowest BCUT2D eigenvalue weighted by Gasteiger charge is -2.31. The van der Waals surface area contributed by atoms with Gasteiger partial charge in [0.1, 0.15) is 0 Å². The Bertz CT molecular complexity index is 710. The van der Waals surface area contributed by atoms with Gasteiger partial charge in [-0.2, -0.15) is 0 Å². The minimum Gasteiger partial charge on any atom is -0.338 e. The number of carbonyl (C=O) groups is 2. The first-order chi connectivity index (χ1) is 11.6. The molecule has 0 spiro atoms. The number of nitrogens with zero attached hydrogens (tertiary/aromatic N) is 1. The van der Waals surface area contributed by atoms with Crippen molar-refractivity contribution >= 4 is 17.5 Å². The van der Waals surface area contributed by atoms with Crippen molar-refractivity contribution in [1.29, 1.82) is 0 Å². The quantitative estimate of drug-likeness (QED) is 0.934. The van der Waals surface area contributed by atoms with E-state index in [0.29, 0.717) is 22.7 Å². The third-order valence-corrected chi connectivity index (χ3v) is 4.37. The van der Waals surface area contributed by atoms with Gasteiger partial charge in [-0.25, -0.2) is 0 Å². The molecule has 1 N–H and O–H groups in total. The average molecular weight is 322 g/mol. The van der Waals surface area contributed by atoms with E-state index in [1.54, 1.807) is 36.4 Å². The molecule has 124 valence electrons. The van der Waals surface area contributed by atoms with Gasteiger partial charge in [0.2, 0.25) is 0 Å². The molecule has 0 saturated carbocycles. The zero-order valence-electron chi connectivity index (χ0n) is 13.9. The topological polar surface area (TPSA) is 49.4 Å². The van der Waals surface area contributed by atoms with E-state index in [2.05, 4.69) is 12.2 Å². The molecule has 0 radical (unpaired) electrons. The Balaban J connectivity index is 1.65. The maximum atomic E-state index is 12.5. The molecule has 1 saturated heterocycles. The predicted octanol–water partition coefficient (Wildman–Crippen LogP) is 3.81. The minimum absolute atomic E-state index is 0.0717. The van der Waals surface area contributed by atoms with Crippen LogP contribution in [0.2, 0.25) is 0 Å². The Hall–Kier alpha value is -2.62. The van der Waals surface area contributed by atoms with Gasteiger partial charge in [0, 0.05) is 29.9 Å². The van der Waals surface area contributed by atoms with Crippen LogP contribution in [0.3, 0.4) is 0 Å². The molecule has 1 heterocycles. The second-order valence-electron chi connectivity index (χ2n) is 6.40. The summed E-state index contributed by atoms with van der Waals surface area (Å²) in [5.74, 6) is 0.481. The Labute approximate surface area is 142 Å². The Morgan fingerprint density at radius 2 is 1.71 bits per heavy atom. The molecule has 1 atom stereocenters. The van der Waals surface area contributed by atoms with Gasteiger partial charge in [-0.15, -0.1) is 0 Å². The number of amides is 2. The largest absolute Gasteiger partial charge is 0.338 e. The maximum absolute atomic E-state index is 12.5. The fraction of sp³-hybridized carbons (Fsp3) is 0.300. The zero-order valence-corrected chi connectivity index (χ0v) is 13.9. The molecule has 3 rings (SSSR count). The molecule has 4 nitrogen and oxygen atoms in total. The van der Waals surface area contributed by atoms with E-state index in [1.807, 2.05) is 23.1 Å². The Morgan fingerprint density at radius 3 is 2.38 bits per heavy atom. The first kappa shape index (κ1) is 16.2. The molecule has 1 aliphatic heterocycles. The summed E-state index contributed by atoms with van der Waals surface area (Å²) in [6.45, 7) is 3.84. The van der Waals surface area contributed by atoms with Gasteiger partial charge in [-0.05, 0) is 55.2 Å². The Kier molecular flexibility index (Phi) is 4.94. The van der Waals surface area contributed by atoms with Gasteiger partial charge in [0.15, 0.2) is 0 Å². The first-order valence-electron chi connectivity index (χ1n) is 8.39. The molecule has 2 amide bonds. The van der Waals surface area contributed by atoms with Crippen molar-refractivity contribution in [3.8, 4) is 0 Å². The van der Waals surface area contributed by atoms with Crippen molar-refractivity contribution in [3.05, 3.63) is 65.7 Å². The highest BCUT2D eigenvalue weighted by Gasteiger charge is 2.21. The summed E-state index contributed by atoms with van der Waals surface area (Å²) in [6, 6.07) is 16.2. The molecule has 4 heteroatoms. The summed E-state index contributed by atoms with van der Waals surface area (Å²) in [5.41, 5.74) is 1.97. The third-order valence-electron chi connectivity index (χ3n) is 4.37. The summed E-state index contributed by atoms with van der Waals surface area (Å²) >= 11 is 0. The number of likely N-dealkylation sites (tertiary alicyclic amines) is 1. The normalized spacial score (nSPS) is 17.4. The van der Waals surface area contributed by atoms with Crippen LogP contribution in [0.1, 0.15) is 40.5 Å². The van der Waals surface area contributed by atoms with Crippen LogP contribution in [0.4, 0.5) is 5.69 Å². The van der Waals surface area contributed by atoms with Crippen LogP contribution >= 0.6 is 0 Å².